The van der Waals surface area contributed by atoms with Crippen LogP contribution in [0.25, 0.3) is 12.2 Å². The van der Waals surface area contributed by atoms with Crippen LogP contribution in [0.1, 0.15) is 10.7 Å². The summed E-state index contributed by atoms with van der Waals surface area (Å²) in [5.41, 5.74) is 0.810. The van der Waals surface area contributed by atoms with Crippen LogP contribution in [0.15, 0.2) is 64.5 Å². The number of amides is 1. The molecule has 5 nitrogen and oxygen atoms in total. The zero-order valence-electron chi connectivity index (χ0n) is 14.4. The fraction of sp³-hybridized carbons (Fsp3) is 0.105. The van der Waals surface area contributed by atoms with E-state index in [4.69, 9.17) is 0 Å². The first-order valence-electron chi connectivity index (χ1n) is 8.14. The largest absolute Gasteiger partial charge is 0.324 e. The summed E-state index contributed by atoms with van der Waals surface area (Å²) >= 11 is 4.59. The predicted molar refractivity (Wildman–Crippen MR) is 116 cm³/mol. The van der Waals surface area contributed by atoms with E-state index >= 15 is 0 Å². The summed E-state index contributed by atoms with van der Waals surface area (Å²) in [6, 6.07) is 11.8. The highest BCUT2D eigenvalue weighted by molar-refractivity contribution is 8.00. The summed E-state index contributed by atoms with van der Waals surface area (Å²) in [6.45, 7) is 3.73. The molecule has 0 spiro atoms. The average Bonchev–Trinajstić information content (AvgIpc) is 3.36. The number of H-pyrrole nitrogens is 1. The summed E-state index contributed by atoms with van der Waals surface area (Å²) in [4.78, 5) is 18.8. The second-order valence-corrected chi connectivity index (χ2v) is 8.27. The number of nitrogens with zero attached hydrogens (tertiary/aromatic N) is 2. The van der Waals surface area contributed by atoms with Gasteiger partial charge in [0.25, 0.3) is 0 Å². The maximum Gasteiger partial charge on any atom is 0.234 e. The molecule has 27 heavy (non-hydrogen) atoms. The predicted octanol–water partition coefficient (Wildman–Crippen LogP) is 5.05. The Labute approximate surface area is 170 Å². The lowest BCUT2D eigenvalue weighted by Gasteiger charge is -2.09. The lowest BCUT2D eigenvalue weighted by molar-refractivity contribution is -0.113. The third-order valence-electron chi connectivity index (χ3n) is 3.28. The van der Waals surface area contributed by atoms with Crippen molar-refractivity contribution in [2.45, 2.75) is 10.1 Å². The Morgan fingerprint density at radius 2 is 2.11 bits per heavy atom. The SMILES string of the molecule is C=CCSc1ccccc1NC(=O)CSc1n[nH]c(/C=C/c2cccs2)n1. The van der Waals surface area contributed by atoms with Crippen LogP contribution in [0.4, 0.5) is 5.69 Å². The minimum atomic E-state index is -0.0906. The zero-order valence-corrected chi connectivity index (χ0v) is 16.9. The van der Waals surface area contributed by atoms with Crippen LogP contribution in [0.2, 0.25) is 0 Å². The molecule has 0 saturated carbocycles. The summed E-state index contributed by atoms with van der Waals surface area (Å²) in [5.74, 6) is 1.61. The van der Waals surface area contributed by atoms with Crippen molar-refractivity contribution in [3.63, 3.8) is 0 Å². The van der Waals surface area contributed by atoms with E-state index in [1.54, 1.807) is 23.1 Å². The van der Waals surface area contributed by atoms with Crippen LogP contribution in [-0.2, 0) is 4.79 Å². The van der Waals surface area contributed by atoms with E-state index in [1.807, 2.05) is 60.0 Å². The van der Waals surface area contributed by atoms with E-state index in [-0.39, 0.29) is 11.7 Å². The van der Waals surface area contributed by atoms with E-state index in [1.165, 1.54) is 11.8 Å². The van der Waals surface area contributed by atoms with E-state index in [0.717, 1.165) is 21.2 Å². The number of anilines is 1. The van der Waals surface area contributed by atoms with Crippen molar-refractivity contribution in [3.8, 4) is 0 Å². The molecule has 1 aromatic carbocycles. The summed E-state index contributed by atoms with van der Waals surface area (Å²) in [6.07, 6.45) is 5.69. The first-order chi connectivity index (χ1) is 13.2. The van der Waals surface area contributed by atoms with Crippen molar-refractivity contribution in [2.75, 3.05) is 16.8 Å². The molecule has 0 aliphatic heterocycles. The fourth-order valence-corrected chi connectivity index (χ4v) is 4.08. The lowest BCUT2D eigenvalue weighted by atomic mass is 10.3. The highest BCUT2D eigenvalue weighted by Crippen LogP contribution is 2.27. The quantitative estimate of drug-likeness (QED) is 0.379. The molecule has 0 fully saturated rings. The number of carbonyl (C=O) groups is 1. The van der Waals surface area contributed by atoms with Crippen LogP contribution in [-0.4, -0.2) is 32.6 Å². The molecule has 138 valence electrons. The summed E-state index contributed by atoms with van der Waals surface area (Å²) < 4.78 is 0. The Hall–Kier alpha value is -2.29. The highest BCUT2D eigenvalue weighted by atomic mass is 32.2. The fourth-order valence-electron chi connectivity index (χ4n) is 2.11. The molecule has 3 rings (SSSR count). The van der Waals surface area contributed by atoms with Crippen LogP contribution < -0.4 is 5.32 Å². The molecule has 2 heterocycles. The zero-order chi connectivity index (χ0) is 18.9. The molecule has 0 bridgehead atoms. The topological polar surface area (TPSA) is 70.7 Å². The Bertz CT molecular complexity index is 919. The smallest absolute Gasteiger partial charge is 0.234 e. The van der Waals surface area contributed by atoms with Crippen molar-refractivity contribution in [2.24, 2.45) is 0 Å². The normalized spacial score (nSPS) is 11.0. The van der Waals surface area contributed by atoms with Crippen molar-refractivity contribution in [1.29, 1.82) is 0 Å². The molecule has 0 radical (unpaired) electrons. The second kappa shape index (κ2) is 10.1. The average molecular weight is 415 g/mol. The minimum Gasteiger partial charge on any atom is -0.324 e. The number of benzene rings is 1. The van der Waals surface area contributed by atoms with Gasteiger partial charge >= 0.3 is 0 Å². The van der Waals surface area contributed by atoms with Gasteiger partial charge < -0.3 is 5.32 Å². The molecule has 3 aromatic rings. The van der Waals surface area contributed by atoms with E-state index in [0.29, 0.717) is 11.0 Å². The van der Waals surface area contributed by atoms with Gasteiger partial charge in [-0.2, -0.15) is 0 Å². The van der Waals surface area contributed by atoms with Crippen LogP contribution >= 0.6 is 34.9 Å². The van der Waals surface area contributed by atoms with Gasteiger partial charge in [0.05, 0.1) is 11.4 Å². The third-order valence-corrected chi connectivity index (χ3v) is 6.04. The molecule has 2 N–H and O–H groups in total. The number of hydrogen-bond acceptors (Lipinski definition) is 6. The number of aromatic nitrogens is 3. The summed E-state index contributed by atoms with van der Waals surface area (Å²) in [5, 5.41) is 12.5. The number of thiophene rings is 1. The molecular formula is C19H18N4OS3. The number of para-hydroxylation sites is 1. The van der Waals surface area contributed by atoms with Crippen LogP contribution in [0.5, 0.6) is 0 Å². The van der Waals surface area contributed by atoms with Gasteiger partial charge in [0.2, 0.25) is 11.1 Å². The molecule has 0 unspecified atom stereocenters. The van der Waals surface area contributed by atoms with E-state index in [9.17, 15) is 4.79 Å². The maximum atomic E-state index is 12.3. The lowest BCUT2D eigenvalue weighted by Crippen LogP contribution is -2.14. The Kier molecular flexibility index (Phi) is 7.32. The molecular weight excluding hydrogens is 396 g/mol. The number of rotatable bonds is 9. The first kappa shape index (κ1) is 19.5. The minimum absolute atomic E-state index is 0.0906. The molecule has 1 amide bonds. The van der Waals surface area contributed by atoms with Crippen LogP contribution in [0.3, 0.4) is 0 Å². The van der Waals surface area contributed by atoms with Gasteiger partial charge in [0, 0.05) is 15.5 Å². The van der Waals surface area contributed by atoms with Gasteiger partial charge in [-0.1, -0.05) is 36.0 Å². The molecule has 0 aliphatic rings. The third kappa shape index (κ3) is 6.13. The molecule has 0 atom stereocenters. The number of aromatic amines is 1. The van der Waals surface area contributed by atoms with Gasteiger partial charge in [0.1, 0.15) is 5.82 Å². The van der Waals surface area contributed by atoms with Crippen molar-refractivity contribution in [3.05, 3.63) is 65.1 Å². The van der Waals surface area contributed by atoms with Gasteiger partial charge in [0.15, 0.2) is 0 Å². The van der Waals surface area contributed by atoms with Crippen molar-refractivity contribution < 1.29 is 4.79 Å². The first-order valence-corrected chi connectivity index (χ1v) is 11.0. The van der Waals surface area contributed by atoms with Crippen molar-refractivity contribution in [1.82, 2.24) is 15.2 Å². The number of carbonyl (C=O) groups excluding carboxylic acids is 1. The van der Waals surface area contributed by atoms with Gasteiger partial charge in [-0.25, -0.2) is 4.98 Å². The monoisotopic (exact) mass is 414 g/mol. The molecule has 0 saturated heterocycles. The Morgan fingerprint density at radius 3 is 2.93 bits per heavy atom. The Morgan fingerprint density at radius 1 is 1.22 bits per heavy atom. The van der Waals surface area contributed by atoms with Crippen molar-refractivity contribution >= 4 is 58.6 Å². The van der Waals surface area contributed by atoms with E-state index in [2.05, 4.69) is 27.1 Å². The number of thioether (sulfide) groups is 2. The maximum absolute atomic E-state index is 12.3. The standard InChI is InChI=1S/C19H18N4OS3/c1-2-11-26-16-8-4-3-7-15(16)20-18(24)13-27-19-21-17(22-23-19)10-9-14-6-5-12-25-14/h2-10,12H,1,11,13H2,(H,20,24)(H,21,22,23)/b10-9+. The van der Waals surface area contributed by atoms with Crippen LogP contribution in [0, 0.1) is 0 Å². The van der Waals surface area contributed by atoms with Gasteiger partial charge in [-0.3, -0.25) is 9.89 Å². The van der Waals surface area contributed by atoms with Gasteiger partial charge in [-0.05, 0) is 35.7 Å². The molecule has 2 aromatic heterocycles. The molecule has 8 heteroatoms. The Balaban J connectivity index is 1.52. The molecule has 0 aliphatic carbocycles. The summed E-state index contributed by atoms with van der Waals surface area (Å²) in [7, 11) is 0. The van der Waals surface area contributed by atoms with Gasteiger partial charge in [-0.15, -0.1) is 34.8 Å². The number of hydrogen-bond donors (Lipinski definition) is 2. The number of nitrogens with one attached hydrogen (secondary N) is 2. The van der Waals surface area contributed by atoms with E-state index < -0.39 is 0 Å². The second-order valence-electron chi connectivity index (χ2n) is 5.28. The highest BCUT2D eigenvalue weighted by Gasteiger charge is 2.09.